The zero-order chi connectivity index (χ0) is 9.31. The van der Waals surface area contributed by atoms with Crippen molar-refractivity contribution in [2.45, 2.75) is 31.2 Å². The Balaban J connectivity index is 2.30. The molecule has 1 fully saturated rings. The van der Waals surface area contributed by atoms with E-state index in [0.717, 1.165) is 25.7 Å². The zero-order valence-electron chi connectivity index (χ0n) is 7.41. The highest BCUT2D eigenvalue weighted by atomic mass is 19.1. The van der Waals surface area contributed by atoms with Crippen LogP contribution in [0.4, 0.5) is 4.39 Å². The minimum Gasteiger partial charge on any atom is -0.394 e. The van der Waals surface area contributed by atoms with Gasteiger partial charge in [-0.3, -0.25) is 4.68 Å². The molecule has 2 rings (SSSR count). The van der Waals surface area contributed by atoms with E-state index in [0.29, 0.717) is 0 Å². The molecule has 1 aromatic rings. The molecule has 1 saturated carbocycles. The second-order valence-corrected chi connectivity index (χ2v) is 3.69. The maximum Gasteiger partial charge on any atom is 0.161 e. The third-order valence-electron chi connectivity index (χ3n) is 2.87. The van der Waals surface area contributed by atoms with Crippen LogP contribution in [0.5, 0.6) is 0 Å². The van der Waals surface area contributed by atoms with Crippen LogP contribution in [-0.4, -0.2) is 21.5 Å². The van der Waals surface area contributed by atoms with Crippen LogP contribution in [0, 0.1) is 5.82 Å². The van der Waals surface area contributed by atoms with Crippen molar-refractivity contribution in [3.63, 3.8) is 0 Å². The Hall–Kier alpha value is -0.900. The lowest BCUT2D eigenvalue weighted by Crippen LogP contribution is -2.34. The van der Waals surface area contributed by atoms with Gasteiger partial charge in [-0.05, 0) is 12.8 Å². The van der Waals surface area contributed by atoms with Gasteiger partial charge in [-0.1, -0.05) is 12.8 Å². The molecular formula is C9H13FN2O. The van der Waals surface area contributed by atoms with Crippen molar-refractivity contribution < 1.29 is 9.50 Å². The van der Waals surface area contributed by atoms with Crippen LogP contribution in [0.1, 0.15) is 25.7 Å². The lowest BCUT2D eigenvalue weighted by Gasteiger charge is -2.26. The molecule has 0 bridgehead atoms. The summed E-state index contributed by atoms with van der Waals surface area (Å²) < 4.78 is 14.3. The van der Waals surface area contributed by atoms with Crippen LogP contribution >= 0.6 is 0 Å². The summed E-state index contributed by atoms with van der Waals surface area (Å²) in [7, 11) is 0. The van der Waals surface area contributed by atoms with Crippen LogP contribution in [0.15, 0.2) is 12.4 Å². The van der Waals surface area contributed by atoms with Crippen LogP contribution < -0.4 is 0 Å². The third-order valence-corrected chi connectivity index (χ3v) is 2.87. The first-order chi connectivity index (χ1) is 6.27. The highest BCUT2D eigenvalue weighted by Crippen LogP contribution is 2.35. The van der Waals surface area contributed by atoms with E-state index in [2.05, 4.69) is 5.10 Å². The van der Waals surface area contributed by atoms with Gasteiger partial charge in [0.05, 0.1) is 24.5 Å². The molecule has 1 N–H and O–H groups in total. The topological polar surface area (TPSA) is 38.0 Å². The fourth-order valence-corrected chi connectivity index (χ4v) is 2.05. The summed E-state index contributed by atoms with van der Waals surface area (Å²) in [5.74, 6) is -0.334. The molecule has 72 valence electrons. The minimum atomic E-state index is -0.334. The fourth-order valence-electron chi connectivity index (χ4n) is 2.05. The number of rotatable bonds is 2. The van der Waals surface area contributed by atoms with E-state index in [1.54, 1.807) is 4.68 Å². The molecule has 0 radical (unpaired) electrons. The lowest BCUT2D eigenvalue weighted by atomic mass is 10.00. The predicted molar refractivity (Wildman–Crippen MR) is 45.7 cm³/mol. The average molecular weight is 184 g/mol. The quantitative estimate of drug-likeness (QED) is 0.752. The molecule has 1 heterocycles. The van der Waals surface area contributed by atoms with E-state index < -0.39 is 0 Å². The second kappa shape index (κ2) is 3.10. The molecule has 13 heavy (non-hydrogen) atoms. The summed E-state index contributed by atoms with van der Waals surface area (Å²) in [5.41, 5.74) is -0.329. The van der Waals surface area contributed by atoms with Crippen molar-refractivity contribution in [3.05, 3.63) is 18.2 Å². The van der Waals surface area contributed by atoms with Gasteiger partial charge in [0.15, 0.2) is 5.82 Å². The maximum atomic E-state index is 12.7. The van der Waals surface area contributed by atoms with E-state index in [1.165, 1.54) is 12.4 Å². The van der Waals surface area contributed by atoms with Crippen molar-refractivity contribution in [1.29, 1.82) is 0 Å². The van der Waals surface area contributed by atoms with Crippen molar-refractivity contribution in [1.82, 2.24) is 9.78 Å². The summed E-state index contributed by atoms with van der Waals surface area (Å²) in [4.78, 5) is 0. The van der Waals surface area contributed by atoms with Gasteiger partial charge in [-0.15, -0.1) is 0 Å². The SMILES string of the molecule is OCC1(n2cc(F)cn2)CCCC1. The van der Waals surface area contributed by atoms with Gasteiger partial charge in [0, 0.05) is 0 Å². The summed E-state index contributed by atoms with van der Waals surface area (Å²) in [6.07, 6.45) is 6.51. The molecule has 0 spiro atoms. The van der Waals surface area contributed by atoms with Gasteiger partial charge in [0.25, 0.3) is 0 Å². The van der Waals surface area contributed by atoms with E-state index in [4.69, 9.17) is 0 Å². The molecule has 3 nitrogen and oxygen atoms in total. The summed E-state index contributed by atoms with van der Waals surface area (Å²) in [5, 5.41) is 13.2. The number of aliphatic hydroxyl groups is 1. The highest BCUT2D eigenvalue weighted by molar-refractivity contribution is 4.95. The second-order valence-electron chi connectivity index (χ2n) is 3.69. The van der Waals surface area contributed by atoms with Gasteiger partial charge in [0.1, 0.15) is 0 Å². The normalized spacial score (nSPS) is 20.8. The Morgan fingerprint density at radius 1 is 1.54 bits per heavy atom. The monoisotopic (exact) mass is 184 g/mol. The molecular weight excluding hydrogens is 171 g/mol. The average Bonchev–Trinajstić information content (AvgIpc) is 2.73. The minimum absolute atomic E-state index is 0.0497. The number of aliphatic hydroxyl groups excluding tert-OH is 1. The van der Waals surface area contributed by atoms with E-state index in [1.807, 2.05) is 0 Å². The number of hydrogen-bond acceptors (Lipinski definition) is 2. The van der Waals surface area contributed by atoms with Gasteiger partial charge >= 0.3 is 0 Å². The maximum absolute atomic E-state index is 12.7. The van der Waals surface area contributed by atoms with Crippen molar-refractivity contribution in [3.8, 4) is 0 Å². The summed E-state index contributed by atoms with van der Waals surface area (Å²) in [6, 6.07) is 0. The Morgan fingerprint density at radius 3 is 2.69 bits per heavy atom. The molecule has 1 aromatic heterocycles. The third kappa shape index (κ3) is 1.35. The first-order valence-electron chi connectivity index (χ1n) is 4.58. The smallest absolute Gasteiger partial charge is 0.161 e. The summed E-state index contributed by atoms with van der Waals surface area (Å²) in [6.45, 7) is 0.0497. The predicted octanol–water partition coefficient (Wildman–Crippen LogP) is 1.28. The molecule has 0 atom stereocenters. The molecule has 1 aliphatic rings. The number of hydrogen-bond donors (Lipinski definition) is 1. The van der Waals surface area contributed by atoms with Crippen LogP contribution in [0.25, 0.3) is 0 Å². The van der Waals surface area contributed by atoms with Crippen molar-refractivity contribution in [2.24, 2.45) is 0 Å². The van der Waals surface area contributed by atoms with Gasteiger partial charge < -0.3 is 5.11 Å². The van der Waals surface area contributed by atoms with E-state index >= 15 is 0 Å². The Labute approximate surface area is 76.2 Å². The zero-order valence-corrected chi connectivity index (χ0v) is 7.41. The van der Waals surface area contributed by atoms with Crippen molar-refractivity contribution in [2.75, 3.05) is 6.61 Å². The summed E-state index contributed by atoms with van der Waals surface area (Å²) >= 11 is 0. The molecule has 0 amide bonds. The standard InChI is InChI=1S/C9H13FN2O/c10-8-5-11-12(6-8)9(7-13)3-1-2-4-9/h5-6,13H,1-4,7H2. The number of aromatic nitrogens is 2. The Bertz CT molecular complexity index is 292. The first kappa shape index (κ1) is 8.69. The Morgan fingerprint density at radius 2 is 2.23 bits per heavy atom. The molecule has 0 aliphatic heterocycles. The van der Waals surface area contributed by atoms with Crippen molar-refractivity contribution >= 4 is 0 Å². The van der Waals surface area contributed by atoms with Gasteiger partial charge in [-0.25, -0.2) is 4.39 Å². The number of nitrogens with zero attached hydrogens (tertiary/aromatic N) is 2. The molecule has 0 aromatic carbocycles. The molecule has 0 saturated heterocycles. The van der Waals surface area contributed by atoms with E-state index in [9.17, 15) is 9.50 Å². The van der Waals surface area contributed by atoms with Gasteiger partial charge in [0.2, 0.25) is 0 Å². The molecule has 1 aliphatic carbocycles. The van der Waals surface area contributed by atoms with Gasteiger partial charge in [-0.2, -0.15) is 5.10 Å². The van der Waals surface area contributed by atoms with E-state index in [-0.39, 0.29) is 18.0 Å². The Kier molecular flexibility index (Phi) is 2.07. The van der Waals surface area contributed by atoms with Crippen LogP contribution in [-0.2, 0) is 5.54 Å². The number of halogens is 1. The molecule has 0 unspecified atom stereocenters. The van der Waals surface area contributed by atoms with Crippen LogP contribution in [0.3, 0.4) is 0 Å². The van der Waals surface area contributed by atoms with Crippen LogP contribution in [0.2, 0.25) is 0 Å². The first-order valence-corrected chi connectivity index (χ1v) is 4.58. The fraction of sp³-hybridized carbons (Fsp3) is 0.667. The molecule has 4 heteroatoms. The highest BCUT2D eigenvalue weighted by Gasteiger charge is 2.35. The lowest BCUT2D eigenvalue weighted by molar-refractivity contribution is 0.124. The largest absolute Gasteiger partial charge is 0.394 e.